The minimum Gasteiger partial charge on any atom is -0.383 e. The maximum absolute atomic E-state index is 11.0. The molecule has 1 aromatic carbocycles. The predicted octanol–water partition coefficient (Wildman–Crippen LogP) is 1.86. The van der Waals surface area contributed by atoms with Crippen molar-refractivity contribution in [1.29, 1.82) is 0 Å². The molecule has 1 aliphatic rings. The number of anilines is 1. The third kappa shape index (κ3) is 3.42. The van der Waals surface area contributed by atoms with Gasteiger partial charge in [0.15, 0.2) is 0 Å². The summed E-state index contributed by atoms with van der Waals surface area (Å²) in [6.45, 7) is 5.21. The van der Waals surface area contributed by atoms with Crippen LogP contribution in [0.25, 0.3) is 0 Å². The molecule has 1 aliphatic heterocycles. The molecule has 19 heavy (non-hydrogen) atoms. The van der Waals surface area contributed by atoms with Gasteiger partial charge in [0, 0.05) is 32.7 Å². The van der Waals surface area contributed by atoms with Gasteiger partial charge in [-0.3, -0.25) is 15.0 Å². The number of morpholine rings is 1. The van der Waals surface area contributed by atoms with Gasteiger partial charge in [0.2, 0.25) is 0 Å². The van der Waals surface area contributed by atoms with Gasteiger partial charge in [-0.2, -0.15) is 0 Å². The fourth-order valence-electron chi connectivity index (χ4n) is 2.33. The van der Waals surface area contributed by atoms with Crippen molar-refractivity contribution in [1.82, 2.24) is 4.90 Å². The smallest absolute Gasteiger partial charge is 0.292 e. The molecule has 0 aliphatic carbocycles. The number of nitro benzene ring substituents is 1. The van der Waals surface area contributed by atoms with Crippen LogP contribution >= 0.6 is 0 Å². The van der Waals surface area contributed by atoms with Crippen LogP contribution < -0.4 is 5.32 Å². The first-order chi connectivity index (χ1) is 9.10. The van der Waals surface area contributed by atoms with E-state index in [4.69, 9.17) is 4.74 Å². The summed E-state index contributed by atoms with van der Waals surface area (Å²) in [5.41, 5.74) is 1.63. The molecule has 0 bridgehead atoms. The molecule has 1 unspecified atom stereocenters. The Balaban J connectivity index is 2.12. The normalized spacial score (nSPS) is 20.2. The van der Waals surface area contributed by atoms with Crippen LogP contribution in [0.1, 0.15) is 12.5 Å². The molecule has 1 heterocycles. The highest BCUT2D eigenvalue weighted by Crippen LogP contribution is 2.25. The number of rotatable bonds is 4. The monoisotopic (exact) mass is 265 g/mol. The van der Waals surface area contributed by atoms with Crippen LogP contribution in [-0.4, -0.2) is 42.7 Å². The molecule has 1 aromatic rings. The first-order valence-corrected chi connectivity index (χ1v) is 6.39. The van der Waals surface area contributed by atoms with Crippen molar-refractivity contribution in [2.75, 3.05) is 32.1 Å². The van der Waals surface area contributed by atoms with Gasteiger partial charge in [-0.1, -0.05) is 6.07 Å². The van der Waals surface area contributed by atoms with E-state index in [9.17, 15) is 10.1 Å². The number of hydrogen-bond donors (Lipinski definition) is 1. The maximum Gasteiger partial charge on any atom is 0.292 e. The number of ether oxygens (including phenoxy) is 1. The van der Waals surface area contributed by atoms with Gasteiger partial charge in [-0.15, -0.1) is 0 Å². The zero-order valence-corrected chi connectivity index (χ0v) is 11.3. The Morgan fingerprint density at radius 1 is 1.58 bits per heavy atom. The highest BCUT2D eigenvalue weighted by Gasteiger charge is 2.19. The van der Waals surface area contributed by atoms with Crippen molar-refractivity contribution in [3.8, 4) is 0 Å². The molecule has 1 saturated heterocycles. The zero-order chi connectivity index (χ0) is 13.8. The van der Waals surface area contributed by atoms with Crippen molar-refractivity contribution in [3.63, 3.8) is 0 Å². The SMILES string of the molecule is CNc1ccc(CN2CCOC(C)C2)cc1[N+](=O)[O-]. The average Bonchev–Trinajstić information content (AvgIpc) is 2.38. The molecule has 6 heteroatoms. The summed E-state index contributed by atoms with van der Waals surface area (Å²) in [5.74, 6) is 0. The topological polar surface area (TPSA) is 67.6 Å². The second-order valence-electron chi connectivity index (χ2n) is 4.78. The molecule has 2 rings (SSSR count). The molecule has 0 spiro atoms. The summed E-state index contributed by atoms with van der Waals surface area (Å²) in [5, 5.41) is 13.8. The van der Waals surface area contributed by atoms with Crippen LogP contribution in [0, 0.1) is 10.1 Å². The Bertz CT molecular complexity index is 464. The summed E-state index contributed by atoms with van der Waals surface area (Å²) in [7, 11) is 1.69. The van der Waals surface area contributed by atoms with Crippen LogP contribution in [0.5, 0.6) is 0 Å². The number of hydrogen-bond acceptors (Lipinski definition) is 5. The molecule has 1 atom stereocenters. The van der Waals surface area contributed by atoms with Crippen molar-refractivity contribution in [2.45, 2.75) is 19.6 Å². The lowest BCUT2D eigenvalue weighted by molar-refractivity contribution is -0.384. The number of benzene rings is 1. The van der Waals surface area contributed by atoms with Crippen molar-refractivity contribution < 1.29 is 9.66 Å². The van der Waals surface area contributed by atoms with Gasteiger partial charge in [0.05, 0.1) is 17.6 Å². The largest absolute Gasteiger partial charge is 0.383 e. The zero-order valence-electron chi connectivity index (χ0n) is 11.3. The maximum atomic E-state index is 11.0. The Hall–Kier alpha value is -1.66. The minimum atomic E-state index is -0.350. The van der Waals surface area contributed by atoms with Crippen molar-refractivity contribution in [2.24, 2.45) is 0 Å². The summed E-state index contributed by atoms with van der Waals surface area (Å²) >= 11 is 0. The van der Waals surface area contributed by atoms with E-state index in [2.05, 4.69) is 10.2 Å². The van der Waals surface area contributed by atoms with Gasteiger partial charge in [-0.25, -0.2) is 0 Å². The molecular formula is C13H19N3O3. The fourth-order valence-corrected chi connectivity index (χ4v) is 2.33. The standard InChI is InChI=1S/C13H19N3O3/c1-10-8-15(5-6-19-10)9-11-3-4-12(14-2)13(7-11)16(17)18/h3-4,7,10,14H,5-6,8-9H2,1-2H3. The molecule has 1 fully saturated rings. The van der Waals surface area contributed by atoms with Crippen LogP contribution in [0.4, 0.5) is 11.4 Å². The van der Waals surface area contributed by atoms with Gasteiger partial charge >= 0.3 is 0 Å². The Kier molecular flexibility index (Phi) is 4.34. The van der Waals surface area contributed by atoms with E-state index in [0.29, 0.717) is 5.69 Å². The van der Waals surface area contributed by atoms with Gasteiger partial charge in [0.25, 0.3) is 5.69 Å². The molecule has 0 radical (unpaired) electrons. The highest BCUT2D eigenvalue weighted by molar-refractivity contribution is 5.62. The lowest BCUT2D eigenvalue weighted by Gasteiger charge is -2.31. The lowest BCUT2D eigenvalue weighted by atomic mass is 10.1. The lowest BCUT2D eigenvalue weighted by Crippen LogP contribution is -2.40. The fraction of sp³-hybridized carbons (Fsp3) is 0.538. The minimum absolute atomic E-state index is 0.126. The van der Waals surface area contributed by atoms with E-state index < -0.39 is 0 Å². The van der Waals surface area contributed by atoms with E-state index in [1.807, 2.05) is 13.0 Å². The summed E-state index contributed by atoms with van der Waals surface area (Å²) in [4.78, 5) is 12.9. The third-order valence-corrected chi connectivity index (χ3v) is 3.26. The first-order valence-electron chi connectivity index (χ1n) is 6.39. The van der Waals surface area contributed by atoms with Crippen LogP contribution in [-0.2, 0) is 11.3 Å². The summed E-state index contributed by atoms with van der Waals surface area (Å²) in [6, 6.07) is 5.34. The second-order valence-corrected chi connectivity index (χ2v) is 4.78. The molecule has 104 valence electrons. The van der Waals surface area contributed by atoms with E-state index in [-0.39, 0.29) is 16.7 Å². The Morgan fingerprint density at radius 3 is 3.00 bits per heavy atom. The molecule has 0 amide bonds. The molecule has 1 N–H and O–H groups in total. The predicted molar refractivity (Wildman–Crippen MR) is 73.3 cm³/mol. The number of nitrogens with zero attached hydrogens (tertiary/aromatic N) is 2. The number of nitrogens with one attached hydrogen (secondary N) is 1. The summed E-state index contributed by atoms with van der Waals surface area (Å²) in [6.07, 6.45) is 0.223. The third-order valence-electron chi connectivity index (χ3n) is 3.26. The van der Waals surface area contributed by atoms with Crippen molar-refractivity contribution in [3.05, 3.63) is 33.9 Å². The van der Waals surface area contributed by atoms with Crippen LogP contribution in [0.2, 0.25) is 0 Å². The molecule has 0 aromatic heterocycles. The Labute approximate surface area is 112 Å². The van der Waals surface area contributed by atoms with E-state index in [0.717, 1.165) is 31.8 Å². The summed E-state index contributed by atoms with van der Waals surface area (Å²) < 4.78 is 5.48. The number of nitro groups is 1. The van der Waals surface area contributed by atoms with E-state index >= 15 is 0 Å². The van der Waals surface area contributed by atoms with Crippen molar-refractivity contribution >= 4 is 11.4 Å². The van der Waals surface area contributed by atoms with Gasteiger partial charge in [0.1, 0.15) is 5.69 Å². The molecule has 0 saturated carbocycles. The van der Waals surface area contributed by atoms with Gasteiger partial charge < -0.3 is 10.1 Å². The second kappa shape index (κ2) is 5.99. The molecule has 6 nitrogen and oxygen atoms in total. The van der Waals surface area contributed by atoms with Gasteiger partial charge in [-0.05, 0) is 18.6 Å². The van der Waals surface area contributed by atoms with Crippen LogP contribution in [0.3, 0.4) is 0 Å². The molecular weight excluding hydrogens is 246 g/mol. The average molecular weight is 265 g/mol. The highest BCUT2D eigenvalue weighted by atomic mass is 16.6. The Morgan fingerprint density at radius 2 is 2.37 bits per heavy atom. The van der Waals surface area contributed by atoms with Crippen LogP contribution in [0.15, 0.2) is 18.2 Å². The van der Waals surface area contributed by atoms with E-state index in [1.54, 1.807) is 19.2 Å². The quantitative estimate of drug-likeness (QED) is 0.664. The van der Waals surface area contributed by atoms with E-state index in [1.165, 1.54) is 0 Å². The first kappa shape index (κ1) is 13.8.